The molecular formula is C28H22FN9OS. The Hall–Kier alpha value is -4.68. The smallest absolute Gasteiger partial charge is 0.262 e. The number of nitrogens with zero attached hydrogens (tertiary/aromatic N) is 8. The Morgan fingerprint density at radius 2 is 2.02 bits per heavy atom. The summed E-state index contributed by atoms with van der Waals surface area (Å²) < 4.78 is 18.1. The summed E-state index contributed by atoms with van der Waals surface area (Å²) in [5.41, 5.74) is 2.26. The molecular weight excluding hydrogens is 529 g/mol. The molecule has 1 saturated heterocycles. The molecule has 0 radical (unpaired) electrons. The zero-order chi connectivity index (χ0) is 27.1. The summed E-state index contributed by atoms with van der Waals surface area (Å²) in [4.78, 5) is 34.1. The lowest BCUT2D eigenvalue weighted by Gasteiger charge is -2.34. The third kappa shape index (κ3) is 4.27. The monoisotopic (exact) mass is 551 g/mol. The fraction of sp³-hybridized carbons (Fsp3) is 0.179. The van der Waals surface area contributed by atoms with Crippen LogP contribution >= 0.6 is 11.3 Å². The summed E-state index contributed by atoms with van der Waals surface area (Å²) in [5, 5.41) is 12.4. The maximum Gasteiger partial charge on any atom is 0.262 e. The van der Waals surface area contributed by atoms with E-state index in [0.717, 1.165) is 40.0 Å². The lowest BCUT2D eigenvalue weighted by atomic mass is 10.0. The number of fused-ring (bicyclic) bond motifs is 2. The van der Waals surface area contributed by atoms with Gasteiger partial charge in [0.15, 0.2) is 5.65 Å². The first kappa shape index (κ1) is 24.4. The Kier molecular flexibility index (Phi) is 6.17. The van der Waals surface area contributed by atoms with E-state index >= 15 is 4.39 Å². The summed E-state index contributed by atoms with van der Waals surface area (Å²) in [6, 6.07) is 13.5. The normalized spacial score (nSPS) is 15.5. The van der Waals surface area contributed by atoms with Crippen molar-refractivity contribution in [2.75, 3.05) is 18.0 Å². The quantitative estimate of drug-likeness (QED) is 0.335. The molecule has 12 heteroatoms. The van der Waals surface area contributed by atoms with Crippen molar-refractivity contribution in [1.82, 2.24) is 40.2 Å². The van der Waals surface area contributed by atoms with E-state index in [9.17, 15) is 4.79 Å². The fourth-order valence-corrected chi connectivity index (χ4v) is 6.10. The third-order valence-electron chi connectivity index (χ3n) is 6.98. The van der Waals surface area contributed by atoms with Gasteiger partial charge in [-0.3, -0.25) is 9.69 Å². The molecule has 1 N–H and O–H groups in total. The van der Waals surface area contributed by atoms with Gasteiger partial charge >= 0.3 is 0 Å². The number of hydrogen-bond donors (Lipinski definition) is 1. The van der Waals surface area contributed by atoms with Crippen molar-refractivity contribution in [2.45, 2.75) is 18.9 Å². The number of benzene rings is 1. The molecule has 5 aromatic heterocycles. The van der Waals surface area contributed by atoms with Crippen molar-refractivity contribution >= 4 is 44.3 Å². The lowest BCUT2D eigenvalue weighted by molar-refractivity contribution is 0.0968. The van der Waals surface area contributed by atoms with Crippen LogP contribution in [0.1, 0.15) is 23.2 Å². The number of amides is 1. The van der Waals surface area contributed by atoms with E-state index < -0.39 is 11.7 Å². The number of rotatable bonds is 5. The molecule has 0 saturated carbocycles. The van der Waals surface area contributed by atoms with E-state index in [1.54, 1.807) is 53.0 Å². The number of halogens is 1. The highest BCUT2D eigenvalue weighted by molar-refractivity contribution is 7.22. The van der Waals surface area contributed by atoms with Crippen LogP contribution in [0.2, 0.25) is 0 Å². The van der Waals surface area contributed by atoms with Gasteiger partial charge in [0, 0.05) is 41.3 Å². The first-order valence-electron chi connectivity index (χ1n) is 12.8. The van der Waals surface area contributed by atoms with Gasteiger partial charge in [-0.25, -0.2) is 24.3 Å². The number of hydrogen-bond acceptors (Lipinski definition) is 9. The van der Waals surface area contributed by atoms with Crippen LogP contribution in [0.5, 0.6) is 0 Å². The maximum atomic E-state index is 15.7. The summed E-state index contributed by atoms with van der Waals surface area (Å²) in [6.45, 7) is 1.46. The average molecular weight is 552 g/mol. The van der Waals surface area contributed by atoms with Crippen LogP contribution in [0.4, 0.5) is 10.2 Å². The molecule has 198 valence electrons. The Bertz CT molecular complexity index is 1850. The van der Waals surface area contributed by atoms with Crippen molar-refractivity contribution < 1.29 is 9.18 Å². The Morgan fingerprint density at radius 3 is 2.85 bits per heavy atom. The molecule has 0 bridgehead atoms. The number of pyridine rings is 2. The van der Waals surface area contributed by atoms with Crippen LogP contribution in [-0.4, -0.2) is 60.0 Å². The van der Waals surface area contributed by atoms with Gasteiger partial charge in [0.2, 0.25) is 0 Å². The minimum Gasteiger partial charge on any atom is -0.315 e. The van der Waals surface area contributed by atoms with E-state index in [2.05, 4.69) is 35.6 Å². The molecule has 1 aliphatic heterocycles. The summed E-state index contributed by atoms with van der Waals surface area (Å²) in [5.74, 6) is -0.605. The Labute approximate surface area is 231 Å². The average Bonchev–Trinajstić information content (AvgIpc) is 3.64. The molecule has 0 aliphatic carbocycles. The zero-order valence-electron chi connectivity index (χ0n) is 21.1. The first-order chi connectivity index (χ1) is 19.7. The molecule has 1 aliphatic rings. The number of thiophene rings is 1. The highest BCUT2D eigenvalue weighted by Gasteiger charge is 2.32. The third-order valence-corrected chi connectivity index (χ3v) is 8.10. The predicted octanol–water partition coefficient (Wildman–Crippen LogP) is 4.42. The number of aromatic nitrogens is 7. The summed E-state index contributed by atoms with van der Waals surface area (Å²) in [7, 11) is 0. The van der Waals surface area contributed by atoms with Crippen molar-refractivity contribution in [3.05, 3.63) is 84.8 Å². The molecule has 1 amide bonds. The van der Waals surface area contributed by atoms with Crippen molar-refractivity contribution in [3.63, 3.8) is 0 Å². The zero-order valence-corrected chi connectivity index (χ0v) is 21.9. The number of carbonyl (C=O) groups is 1. The summed E-state index contributed by atoms with van der Waals surface area (Å²) in [6.07, 6.45) is 8.19. The van der Waals surface area contributed by atoms with Crippen LogP contribution in [0.25, 0.3) is 37.5 Å². The van der Waals surface area contributed by atoms with E-state index in [0.29, 0.717) is 29.2 Å². The Morgan fingerprint density at radius 1 is 1.07 bits per heavy atom. The number of carbonyl (C=O) groups excluding carboxylic acids is 1. The van der Waals surface area contributed by atoms with Gasteiger partial charge in [-0.05, 0) is 61.9 Å². The van der Waals surface area contributed by atoms with Gasteiger partial charge < -0.3 is 5.32 Å². The predicted molar refractivity (Wildman–Crippen MR) is 150 cm³/mol. The van der Waals surface area contributed by atoms with Gasteiger partial charge in [-0.1, -0.05) is 5.21 Å². The molecule has 0 spiro atoms. The second-order valence-corrected chi connectivity index (χ2v) is 10.5. The first-order valence-corrected chi connectivity index (χ1v) is 13.6. The van der Waals surface area contributed by atoms with Crippen molar-refractivity contribution in [2.24, 2.45) is 0 Å². The van der Waals surface area contributed by atoms with Crippen LogP contribution < -0.4 is 10.2 Å². The largest absolute Gasteiger partial charge is 0.315 e. The molecule has 7 rings (SSSR count). The lowest BCUT2D eigenvalue weighted by Crippen LogP contribution is -2.49. The van der Waals surface area contributed by atoms with Gasteiger partial charge in [0.05, 0.1) is 27.9 Å². The van der Waals surface area contributed by atoms with Crippen molar-refractivity contribution in [3.8, 4) is 16.3 Å². The van der Waals surface area contributed by atoms with E-state index in [1.807, 2.05) is 18.2 Å². The van der Waals surface area contributed by atoms with Gasteiger partial charge in [0.25, 0.3) is 5.91 Å². The molecule has 1 fully saturated rings. The Balaban J connectivity index is 1.31. The fourth-order valence-electron chi connectivity index (χ4n) is 5.07. The van der Waals surface area contributed by atoms with Crippen LogP contribution in [0.15, 0.2) is 73.4 Å². The number of piperidine rings is 1. The standard InChI is InChI=1S/C28H22FN9OS/c29-21-13-17(38-27-23(35-36-38)4-2-10-32-27)5-6-19(21)28(39)37(18-3-1-9-30-15-18)26-20-14-25(22-7-11-31-16-34-22)40-24(20)8-12-33-26/h2,4-8,10-14,16,18,30H,1,3,9,15H2/t18-/m1/s1. The topological polar surface area (TPSA) is 115 Å². The number of nitrogens with one attached hydrogen (secondary N) is 1. The van der Waals surface area contributed by atoms with Gasteiger partial charge in [0.1, 0.15) is 23.5 Å². The highest BCUT2D eigenvalue weighted by atomic mass is 32.1. The molecule has 6 heterocycles. The van der Waals surface area contributed by atoms with Crippen molar-refractivity contribution in [1.29, 1.82) is 0 Å². The minimum atomic E-state index is -0.657. The highest BCUT2D eigenvalue weighted by Crippen LogP contribution is 2.38. The molecule has 1 atom stereocenters. The van der Waals surface area contributed by atoms with Crippen LogP contribution in [0.3, 0.4) is 0 Å². The van der Waals surface area contributed by atoms with E-state index in [4.69, 9.17) is 0 Å². The van der Waals surface area contributed by atoms with E-state index in [1.165, 1.54) is 23.1 Å². The molecule has 40 heavy (non-hydrogen) atoms. The summed E-state index contributed by atoms with van der Waals surface area (Å²) >= 11 is 1.56. The minimum absolute atomic E-state index is 0.0447. The second-order valence-electron chi connectivity index (χ2n) is 9.44. The number of anilines is 1. The van der Waals surface area contributed by atoms with Gasteiger partial charge in [-0.2, -0.15) is 4.68 Å². The molecule has 1 aromatic carbocycles. The van der Waals surface area contributed by atoms with Crippen LogP contribution in [-0.2, 0) is 0 Å². The van der Waals surface area contributed by atoms with Gasteiger partial charge in [-0.15, -0.1) is 16.4 Å². The molecule has 6 aromatic rings. The SMILES string of the molecule is O=C(c1ccc(-n2nnc3cccnc32)cc1F)N(c1nccc2sc(-c3ccncn3)cc12)[C@@H]1CCCNC1. The molecule has 0 unspecified atom stereocenters. The second kappa shape index (κ2) is 10.1. The van der Waals surface area contributed by atoms with Crippen LogP contribution in [0, 0.1) is 5.82 Å². The van der Waals surface area contributed by atoms with E-state index in [-0.39, 0.29) is 11.6 Å². The molecule has 10 nitrogen and oxygen atoms in total. The maximum absolute atomic E-state index is 15.7.